The second-order valence-electron chi connectivity index (χ2n) is 4.58. The van der Waals surface area contributed by atoms with Gasteiger partial charge in [0.05, 0.1) is 5.02 Å². The molecule has 4 nitrogen and oxygen atoms in total. The van der Waals surface area contributed by atoms with Gasteiger partial charge in [-0.25, -0.2) is 0 Å². The van der Waals surface area contributed by atoms with E-state index in [-0.39, 0.29) is 22.7 Å². The molecule has 2 rings (SSSR count). The van der Waals surface area contributed by atoms with Gasteiger partial charge < -0.3 is 15.3 Å². The number of piperidine rings is 1. The Hall–Kier alpha value is -1.26. The average Bonchev–Trinajstić information content (AvgIpc) is 2.41. The molecule has 1 heterocycles. The van der Waals surface area contributed by atoms with Crippen molar-refractivity contribution in [2.24, 2.45) is 0 Å². The highest BCUT2D eigenvalue weighted by Crippen LogP contribution is 2.24. The first-order valence-corrected chi connectivity index (χ1v) is 6.44. The van der Waals surface area contributed by atoms with Crippen LogP contribution in [0.1, 0.15) is 23.2 Å². The number of likely N-dealkylation sites (N-methyl/N-ethyl adjacent to an activating group) is 1. The van der Waals surface area contributed by atoms with Crippen molar-refractivity contribution in [2.45, 2.75) is 18.9 Å². The number of hydrogen-bond donors (Lipinski definition) is 2. The third-order valence-electron chi connectivity index (χ3n) is 3.33. The number of hydrogen-bond acceptors (Lipinski definition) is 3. The minimum atomic E-state index is -0.0643. The Morgan fingerprint density at radius 3 is 2.94 bits per heavy atom. The first-order valence-electron chi connectivity index (χ1n) is 6.06. The zero-order chi connectivity index (χ0) is 13.1. The molecule has 1 atom stereocenters. The van der Waals surface area contributed by atoms with Crippen molar-refractivity contribution in [3.8, 4) is 5.75 Å². The molecule has 1 aromatic rings. The Morgan fingerprint density at radius 2 is 2.33 bits per heavy atom. The normalized spacial score (nSPS) is 19.6. The summed E-state index contributed by atoms with van der Waals surface area (Å²) in [6.45, 7) is 1.84. The lowest BCUT2D eigenvalue weighted by atomic mass is 10.1. The second-order valence-corrected chi connectivity index (χ2v) is 4.99. The van der Waals surface area contributed by atoms with Gasteiger partial charge in [-0.1, -0.05) is 11.6 Å². The van der Waals surface area contributed by atoms with Crippen LogP contribution in [0.2, 0.25) is 5.02 Å². The van der Waals surface area contributed by atoms with E-state index in [0.717, 1.165) is 25.9 Å². The summed E-state index contributed by atoms with van der Waals surface area (Å²) in [7, 11) is 1.81. The molecule has 5 heteroatoms. The van der Waals surface area contributed by atoms with Crippen molar-refractivity contribution in [3.05, 3.63) is 28.8 Å². The topological polar surface area (TPSA) is 52.6 Å². The number of phenols is 1. The number of rotatable bonds is 2. The molecule has 0 aromatic heterocycles. The molecule has 0 spiro atoms. The number of aromatic hydroxyl groups is 1. The molecule has 0 radical (unpaired) electrons. The fourth-order valence-corrected chi connectivity index (χ4v) is 2.35. The van der Waals surface area contributed by atoms with E-state index >= 15 is 0 Å². The number of carbonyl (C=O) groups excluding carboxylic acids is 1. The molecule has 18 heavy (non-hydrogen) atoms. The molecule has 98 valence electrons. The molecule has 1 saturated heterocycles. The molecule has 1 aliphatic heterocycles. The van der Waals surface area contributed by atoms with Gasteiger partial charge >= 0.3 is 0 Å². The van der Waals surface area contributed by atoms with E-state index in [0.29, 0.717) is 5.56 Å². The summed E-state index contributed by atoms with van der Waals surface area (Å²) in [5.74, 6) is -0.0687. The number of nitrogens with one attached hydrogen (secondary N) is 1. The van der Waals surface area contributed by atoms with E-state index in [1.54, 1.807) is 18.0 Å². The lowest BCUT2D eigenvalue weighted by Crippen LogP contribution is -2.46. The van der Waals surface area contributed by atoms with Crippen LogP contribution in [0.25, 0.3) is 0 Å². The summed E-state index contributed by atoms with van der Waals surface area (Å²) in [5.41, 5.74) is 0.505. The molecule has 1 aliphatic rings. The maximum Gasteiger partial charge on any atom is 0.253 e. The standard InChI is InChI=1S/C13H17ClN2O2/c1-16(10-3-2-6-15-8-10)13(18)9-4-5-12(17)11(14)7-9/h4-5,7,10,15,17H,2-3,6,8H2,1H3. The maximum atomic E-state index is 12.3. The van der Waals surface area contributed by atoms with Gasteiger partial charge in [0.25, 0.3) is 5.91 Å². The van der Waals surface area contributed by atoms with Gasteiger partial charge in [0, 0.05) is 25.2 Å². The summed E-state index contributed by atoms with van der Waals surface area (Å²) < 4.78 is 0. The summed E-state index contributed by atoms with van der Waals surface area (Å²) >= 11 is 5.82. The first-order chi connectivity index (χ1) is 8.59. The number of halogens is 1. The van der Waals surface area contributed by atoms with Crippen molar-refractivity contribution in [3.63, 3.8) is 0 Å². The van der Waals surface area contributed by atoms with Crippen LogP contribution in [0.3, 0.4) is 0 Å². The molecule has 2 N–H and O–H groups in total. The highest BCUT2D eigenvalue weighted by molar-refractivity contribution is 6.32. The van der Waals surface area contributed by atoms with Crippen LogP contribution in [-0.4, -0.2) is 42.1 Å². The summed E-state index contributed by atoms with van der Waals surface area (Å²) in [5, 5.41) is 12.8. The molecule has 1 amide bonds. The fourth-order valence-electron chi connectivity index (χ4n) is 2.17. The highest BCUT2D eigenvalue weighted by Gasteiger charge is 2.23. The third-order valence-corrected chi connectivity index (χ3v) is 3.64. The van der Waals surface area contributed by atoms with E-state index in [1.165, 1.54) is 12.1 Å². The van der Waals surface area contributed by atoms with Crippen LogP contribution in [-0.2, 0) is 0 Å². The van der Waals surface area contributed by atoms with Crippen LogP contribution in [0.4, 0.5) is 0 Å². The number of nitrogens with zero attached hydrogens (tertiary/aromatic N) is 1. The average molecular weight is 269 g/mol. The summed E-state index contributed by atoms with van der Waals surface area (Å²) in [6.07, 6.45) is 2.10. The highest BCUT2D eigenvalue weighted by atomic mass is 35.5. The van der Waals surface area contributed by atoms with Crippen LogP contribution in [0.15, 0.2) is 18.2 Å². The number of carbonyl (C=O) groups is 1. The van der Waals surface area contributed by atoms with E-state index < -0.39 is 0 Å². The molecule has 0 saturated carbocycles. The van der Waals surface area contributed by atoms with E-state index in [9.17, 15) is 9.90 Å². The van der Waals surface area contributed by atoms with E-state index in [1.807, 2.05) is 0 Å². The summed E-state index contributed by atoms with van der Waals surface area (Å²) in [6, 6.07) is 4.77. The number of phenolic OH excluding ortho intramolecular Hbond substituents is 1. The SMILES string of the molecule is CN(C(=O)c1ccc(O)c(Cl)c1)C1CCCNC1. The molecule has 1 fully saturated rings. The van der Waals surface area contributed by atoms with Crippen LogP contribution in [0.5, 0.6) is 5.75 Å². The van der Waals surface area contributed by atoms with Crippen LogP contribution in [0, 0.1) is 0 Å². The minimum Gasteiger partial charge on any atom is -0.506 e. The molecule has 0 aliphatic carbocycles. The minimum absolute atomic E-state index is 0.00444. The van der Waals surface area contributed by atoms with Crippen molar-refractivity contribution < 1.29 is 9.90 Å². The maximum absolute atomic E-state index is 12.3. The molecular formula is C13H17ClN2O2. The molecule has 1 unspecified atom stereocenters. The van der Waals surface area contributed by atoms with Crippen molar-refractivity contribution in [1.29, 1.82) is 0 Å². The predicted molar refractivity (Wildman–Crippen MR) is 71.1 cm³/mol. The second kappa shape index (κ2) is 5.59. The number of benzene rings is 1. The molecule has 1 aromatic carbocycles. The first kappa shape index (κ1) is 13.2. The fraction of sp³-hybridized carbons (Fsp3) is 0.462. The van der Waals surface area contributed by atoms with Gasteiger partial charge in [0.2, 0.25) is 0 Å². The van der Waals surface area contributed by atoms with Gasteiger partial charge in [0.15, 0.2) is 0 Å². The van der Waals surface area contributed by atoms with Gasteiger partial charge in [-0.2, -0.15) is 0 Å². The zero-order valence-corrected chi connectivity index (χ0v) is 11.1. The van der Waals surface area contributed by atoms with Gasteiger partial charge in [0.1, 0.15) is 5.75 Å². The van der Waals surface area contributed by atoms with E-state index in [4.69, 9.17) is 11.6 Å². The van der Waals surface area contributed by atoms with E-state index in [2.05, 4.69) is 5.32 Å². The molecular weight excluding hydrogens is 252 g/mol. The van der Waals surface area contributed by atoms with Crippen LogP contribution < -0.4 is 5.32 Å². The Balaban J connectivity index is 2.11. The lowest BCUT2D eigenvalue weighted by molar-refractivity contribution is 0.0708. The van der Waals surface area contributed by atoms with Crippen LogP contribution >= 0.6 is 11.6 Å². The summed E-state index contributed by atoms with van der Waals surface area (Å²) in [4.78, 5) is 14.0. The van der Waals surface area contributed by atoms with Crippen molar-refractivity contribution >= 4 is 17.5 Å². The molecule has 0 bridgehead atoms. The monoisotopic (exact) mass is 268 g/mol. The van der Waals surface area contributed by atoms with Crippen molar-refractivity contribution in [1.82, 2.24) is 10.2 Å². The van der Waals surface area contributed by atoms with Gasteiger partial charge in [-0.3, -0.25) is 4.79 Å². The van der Waals surface area contributed by atoms with Gasteiger partial charge in [-0.15, -0.1) is 0 Å². The predicted octanol–water partition coefficient (Wildman–Crippen LogP) is 1.87. The number of amides is 1. The smallest absolute Gasteiger partial charge is 0.253 e. The zero-order valence-electron chi connectivity index (χ0n) is 10.3. The largest absolute Gasteiger partial charge is 0.506 e. The Kier molecular flexibility index (Phi) is 4.09. The lowest BCUT2D eigenvalue weighted by Gasteiger charge is -2.31. The van der Waals surface area contributed by atoms with Gasteiger partial charge in [-0.05, 0) is 37.6 Å². The Morgan fingerprint density at radius 1 is 1.56 bits per heavy atom. The van der Waals surface area contributed by atoms with Crippen molar-refractivity contribution in [2.75, 3.05) is 20.1 Å². The third kappa shape index (κ3) is 2.76. The Labute approximate surface area is 112 Å². The quantitative estimate of drug-likeness (QED) is 0.861. The Bertz CT molecular complexity index is 445.